The molecule has 1 aliphatic heterocycles. The van der Waals surface area contributed by atoms with Crippen LogP contribution < -0.4 is 0 Å². The van der Waals surface area contributed by atoms with Gasteiger partial charge >= 0.3 is 5.97 Å². The Morgan fingerprint density at radius 3 is 3.08 bits per heavy atom. The van der Waals surface area contributed by atoms with Crippen molar-refractivity contribution >= 4 is 22.8 Å². The van der Waals surface area contributed by atoms with E-state index in [4.69, 9.17) is 4.74 Å². The van der Waals surface area contributed by atoms with Crippen LogP contribution >= 0.6 is 11.8 Å². The van der Waals surface area contributed by atoms with E-state index in [1.165, 1.54) is 0 Å². The fourth-order valence-corrected chi connectivity index (χ4v) is 1.64. The molecule has 0 aliphatic carbocycles. The van der Waals surface area contributed by atoms with Gasteiger partial charge in [0.25, 0.3) is 0 Å². The monoisotopic (exact) mass is 185 g/mol. The Labute approximate surface area is 75.9 Å². The number of carbonyl (C=O) groups excluding carboxylic acids is 1. The molecule has 0 fully saturated rings. The number of rotatable bonds is 3. The van der Waals surface area contributed by atoms with Gasteiger partial charge in [-0.3, -0.25) is 4.99 Å². The van der Waals surface area contributed by atoms with E-state index in [9.17, 15) is 4.79 Å². The van der Waals surface area contributed by atoms with Gasteiger partial charge in [0.05, 0.1) is 12.2 Å². The van der Waals surface area contributed by atoms with Crippen LogP contribution in [0.5, 0.6) is 0 Å². The highest BCUT2D eigenvalue weighted by Gasteiger charge is 2.17. The van der Waals surface area contributed by atoms with E-state index in [2.05, 4.69) is 11.6 Å². The van der Waals surface area contributed by atoms with Crippen molar-refractivity contribution in [3.05, 3.63) is 12.2 Å². The highest BCUT2D eigenvalue weighted by Crippen LogP contribution is 2.18. The molecule has 0 radical (unpaired) electrons. The summed E-state index contributed by atoms with van der Waals surface area (Å²) in [6.07, 6.45) is 0. The summed E-state index contributed by atoms with van der Waals surface area (Å²) in [4.78, 5) is 15.2. The number of hydrogen-bond donors (Lipinski definition) is 0. The van der Waals surface area contributed by atoms with Crippen LogP contribution in [-0.2, 0) is 9.53 Å². The average molecular weight is 185 g/mol. The van der Waals surface area contributed by atoms with Gasteiger partial charge in [0, 0.05) is 12.3 Å². The number of nitrogens with zero attached hydrogens (tertiary/aromatic N) is 1. The summed E-state index contributed by atoms with van der Waals surface area (Å²) in [6.45, 7) is 6.56. The Morgan fingerprint density at radius 1 is 1.83 bits per heavy atom. The van der Waals surface area contributed by atoms with Crippen LogP contribution in [0.15, 0.2) is 17.1 Å². The second-order valence-corrected chi connectivity index (χ2v) is 3.32. The van der Waals surface area contributed by atoms with Crippen LogP contribution in [0.2, 0.25) is 0 Å². The summed E-state index contributed by atoms with van der Waals surface area (Å²) in [5.74, 6) is 0.582. The predicted molar refractivity (Wildman–Crippen MR) is 50.5 cm³/mol. The first kappa shape index (κ1) is 9.32. The lowest BCUT2D eigenvalue weighted by Crippen LogP contribution is -2.11. The smallest absolute Gasteiger partial charge is 0.340 e. The Bertz CT molecular complexity index is 235. The summed E-state index contributed by atoms with van der Waals surface area (Å²) in [6, 6.07) is 0. The molecule has 0 unspecified atom stereocenters. The van der Waals surface area contributed by atoms with Crippen molar-refractivity contribution in [1.82, 2.24) is 0 Å². The first-order chi connectivity index (χ1) is 5.75. The first-order valence-electron chi connectivity index (χ1n) is 3.79. The lowest BCUT2D eigenvalue weighted by atomic mass is 10.3. The summed E-state index contributed by atoms with van der Waals surface area (Å²) >= 11 is 1.55. The van der Waals surface area contributed by atoms with Crippen molar-refractivity contribution in [2.24, 2.45) is 4.99 Å². The van der Waals surface area contributed by atoms with Gasteiger partial charge in [0.2, 0.25) is 0 Å². The second kappa shape index (κ2) is 4.30. The lowest BCUT2D eigenvalue weighted by Gasteiger charge is -2.02. The summed E-state index contributed by atoms with van der Waals surface area (Å²) < 4.78 is 4.78. The molecule has 3 nitrogen and oxygen atoms in total. The maximum Gasteiger partial charge on any atom is 0.340 e. The van der Waals surface area contributed by atoms with Crippen LogP contribution in [-0.4, -0.2) is 29.9 Å². The third-order valence-electron chi connectivity index (χ3n) is 1.37. The van der Waals surface area contributed by atoms with Crippen LogP contribution in [0.1, 0.15) is 6.92 Å². The first-order valence-corrected chi connectivity index (χ1v) is 4.78. The molecular weight excluding hydrogens is 174 g/mol. The van der Waals surface area contributed by atoms with Gasteiger partial charge in [-0.2, -0.15) is 0 Å². The molecule has 0 spiro atoms. The van der Waals surface area contributed by atoms with Crippen LogP contribution in [0.3, 0.4) is 0 Å². The molecule has 1 heterocycles. The number of ether oxygens (including phenoxy) is 1. The van der Waals surface area contributed by atoms with Gasteiger partial charge < -0.3 is 4.74 Å². The Morgan fingerprint density at radius 2 is 2.58 bits per heavy atom. The lowest BCUT2D eigenvalue weighted by molar-refractivity contribution is -0.137. The second-order valence-electron chi connectivity index (χ2n) is 2.23. The van der Waals surface area contributed by atoms with Gasteiger partial charge in [-0.15, -0.1) is 11.8 Å². The Kier molecular flexibility index (Phi) is 3.34. The van der Waals surface area contributed by atoms with Crippen LogP contribution in [0, 0.1) is 0 Å². The molecule has 1 rings (SSSR count). The van der Waals surface area contributed by atoms with E-state index in [0.29, 0.717) is 12.2 Å². The highest BCUT2D eigenvalue weighted by atomic mass is 32.2. The van der Waals surface area contributed by atoms with Crippen molar-refractivity contribution < 1.29 is 9.53 Å². The zero-order chi connectivity index (χ0) is 8.97. The van der Waals surface area contributed by atoms with E-state index in [0.717, 1.165) is 17.3 Å². The van der Waals surface area contributed by atoms with E-state index >= 15 is 0 Å². The van der Waals surface area contributed by atoms with E-state index in [-0.39, 0.29) is 5.97 Å². The van der Waals surface area contributed by atoms with Gasteiger partial charge in [0.15, 0.2) is 0 Å². The van der Waals surface area contributed by atoms with Crippen molar-refractivity contribution in [2.45, 2.75) is 6.92 Å². The summed E-state index contributed by atoms with van der Waals surface area (Å²) in [5.41, 5.74) is 0.388. The summed E-state index contributed by atoms with van der Waals surface area (Å²) in [5, 5.41) is 0.730. The van der Waals surface area contributed by atoms with Gasteiger partial charge in [-0.1, -0.05) is 6.58 Å². The zero-order valence-corrected chi connectivity index (χ0v) is 7.82. The molecular formula is C8H11NO2S. The zero-order valence-electron chi connectivity index (χ0n) is 7.00. The molecule has 12 heavy (non-hydrogen) atoms. The maximum atomic E-state index is 11.1. The fourth-order valence-electron chi connectivity index (χ4n) is 0.823. The number of carbonyl (C=O) groups is 1. The van der Waals surface area contributed by atoms with Crippen LogP contribution in [0.25, 0.3) is 0 Å². The molecule has 0 N–H and O–H groups in total. The number of hydrogen-bond acceptors (Lipinski definition) is 4. The minimum Gasteiger partial charge on any atom is -0.462 e. The Hall–Kier alpha value is -0.770. The van der Waals surface area contributed by atoms with Crippen LogP contribution in [0.4, 0.5) is 0 Å². The normalized spacial score (nSPS) is 15.6. The average Bonchev–Trinajstić information content (AvgIpc) is 2.55. The molecule has 0 saturated heterocycles. The molecule has 4 heteroatoms. The van der Waals surface area contributed by atoms with E-state index < -0.39 is 0 Å². The Balaban J connectivity index is 2.52. The highest BCUT2D eigenvalue weighted by molar-refractivity contribution is 8.14. The molecule has 0 bridgehead atoms. The third kappa shape index (κ3) is 2.11. The molecule has 0 aromatic heterocycles. The molecule has 0 aromatic carbocycles. The van der Waals surface area contributed by atoms with Gasteiger partial charge in [-0.25, -0.2) is 4.79 Å². The SMILES string of the molecule is C=C(C(=O)OCC)C1=NCCS1. The predicted octanol–water partition coefficient (Wildman–Crippen LogP) is 1.25. The molecule has 0 amide bonds. The van der Waals surface area contributed by atoms with Crippen molar-refractivity contribution in [3.63, 3.8) is 0 Å². The third-order valence-corrected chi connectivity index (χ3v) is 2.40. The molecule has 66 valence electrons. The molecule has 0 aromatic rings. The maximum absolute atomic E-state index is 11.1. The van der Waals surface area contributed by atoms with Crippen molar-refractivity contribution in [1.29, 1.82) is 0 Å². The number of thioether (sulfide) groups is 1. The number of esters is 1. The number of aliphatic imine (C=N–C) groups is 1. The quantitative estimate of drug-likeness (QED) is 0.490. The standard InChI is InChI=1S/C8H11NO2S/c1-3-11-8(10)6(2)7-9-4-5-12-7/h2-5H2,1H3. The van der Waals surface area contributed by atoms with Crippen molar-refractivity contribution in [2.75, 3.05) is 18.9 Å². The molecule has 1 aliphatic rings. The topological polar surface area (TPSA) is 38.7 Å². The van der Waals surface area contributed by atoms with E-state index in [1.54, 1.807) is 18.7 Å². The minimum atomic E-state index is -0.356. The van der Waals surface area contributed by atoms with Crippen molar-refractivity contribution in [3.8, 4) is 0 Å². The minimum absolute atomic E-state index is 0.356. The van der Waals surface area contributed by atoms with Gasteiger partial charge in [-0.05, 0) is 6.92 Å². The van der Waals surface area contributed by atoms with Gasteiger partial charge in [0.1, 0.15) is 5.04 Å². The molecule has 0 atom stereocenters. The summed E-state index contributed by atoms with van der Waals surface area (Å²) in [7, 11) is 0. The largest absolute Gasteiger partial charge is 0.462 e. The molecule has 0 saturated carbocycles. The van der Waals surface area contributed by atoms with E-state index in [1.807, 2.05) is 0 Å². The fraction of sp³-hybridized carbons (Fsp3) is 0.500.